The molecule has 0 bridgehead atoms. The van der Waals surface area contributed by atoms with E-state index in [2.05, 4.69) is 10.6 Å². The molecule has 0 spiro atoms. The topological polar surface area (TPSA) is 44.4 Å². The fraction of sp³-hybridized carbons (Fsp3) is 0.909. The lowest BCUT2D eigenvalue weighted by atomic mass is 9.93. The molecule has 2 N–H and O–H groups in total. The van der Waals surface area contributed by atoms with Crippen molar-refractivity contribution in [2.75, 3.05) is 19.6 Å². The highest BCUT2D eigenvalue weighted by atomic mass is 16.2. The molecule has 0 unspecified atom stereocenters. The van der Waals surface area contributed by atoms with Crippen LogP contribution >= 0.6 is 0 Å². The highest BCUT2D eigenvalue weighted by Crippen LogP contribution is 2.25. The van der Waals surface area contributed by atoms with Gasteiger partial charge in [-0.15, -0.1) is 0 Å². The number of fused-ring (bicyclic) bond motifs is 1. The number of amides is 2. The second-order valence-electron chi connectivity index (χ2n) is 5.09. The Morgan fingerprint density at radius 3 is 2.80 bits per heavy atom. The van der Waals surface area contributed by atoms with Gasteiger partial charge in [0.15, 0.2) is 0 Å². The first-order valence-corrected chi connectivity index (χ1v) is 6.12. The summed E-state index contributed by atoms with van der Waals surface area (Å²) in [7, 11) is 0. The molecule has 84 valence electrons. The van der Waals surface area contributed by atoms with E-state index < -0.39 is 0 Å². The van der Waals surface area contributed by atoms with Crippen LogP contribution in [0.15, 0.2) is 0 Å². The minimum atomic E-state index is 0.163. The van der Waals surface area contributed by atoms with Crippen molar-refractivity contribution in [3.63, 3.8) is 0 Å². The summed E-state index contributed by atoms with van der Waals surface area (Å²) in [5.41, 5.74) is 0. The number of urea groups is 1. The maximum absolute atomic E-state index is 11.9. The van der Waals surface area contributed by atoms with Crippen LogP contribution in [0.25, 0.3) is 0 Å². The molecule has 0 aromatic heterocycles. The third kappa shape index (κ3) is 1.71. The first kappa shape index (κ1) is 9.46. The number of nitrogens with one attached hydrogen (secondary N) is 2. The van der Waals surface area contributed by atoms with Crippen LogP contribution in [0.4, 0.5) is 4.79 Å². The van der Waals surface area contributed by atoms with Crippen LogP contribution < -0.4 is 10.6 Å². The molecule has 4 heteroatoms. The number of hydrogen-bond acceptors (Lipinski definition) is 2. The second kappa shape index (κ2) is 3.67. The van der Waals surface area contributed by atoms with E-state index in [0.717, 1.165) is 19.6 Å². The summed E-state index contributed by atoms with van der Waals surface area (Å²) in [5, 5.41) is 6.57. The summed E-state index contributed by atoms with van der Waals surface area (Å²) in [6, 6.07) is 1.19. The Bertz CT molecular complexity index is 253. The maximum Gasteiger partial charge on any atom is 0.317 e. The average molecular weight is 209 g/mol. The van der Waals surface area contributed by atoms with Crippen LogP contribution in [0, 0.1) is 5.92 Å². The zero-order valence-corrected chi connectivity index (χ0v) is 9.04. The molecule has 4 nitrogen and oxygen atoms in total. The van der Waals surface area contributed by atoms with Crippen LogP contribution in [-0.2, 0) is 0 Å². The highest BCUT2D eigenvalue weighted by molar-refractivity contribution is 5.75. The van der Waals surface area contributed by atoms with Gasteiger partial charge in [0, 0.05) is 25.2 Å². The third-order valence-corrected chi connectivity index (χ3v) is 4.08. The molecule has 15 heavy (non-hydrogen) atoms. The molecule has 0 aromatic rings. The Labute approximate surface area is 90.4 Å². The molecular formula is C11H19N3O. The van der Waals surface area contributed by atoms with Crippen molar-refractivity contribution >= 4 is 6.03 Å². The Balaban J connectivity index is 1.52. The number of carbonyl (C=O) groups excluding carboxylic acids is 1. The summed E-state index contributed by atoms with van der Waals surface area (Å²) in [4.78, 5) is 13.9. The van der Waals surface area contributed by atoms with Gasteiger partial charge in [0.25, 0.3) is 0 Å². The lowest BCUT2D eigenvalue weighted by Gasteiger charge is -2.29. The third-order valence-electron chi connectivity index (χ3n) is 4.08. The molecule has 2 heterocycles. The molecule has 3 fully saturated rings. The molecule has 2 amide bonds. The van der Waals surface area contributed by atoms with Crippen molar-refractivity contribution in [3.05, 3.63) is 0 Å². The largest absolute Gasteiger partial charge is 0.335 e. The highest BCUT2D eigenvalue weighted by Gasteiger charge is 2.38. The standard InChI is InChI=1S/C11H19N3O/c15-11(13-9-2-1-3-9)14-6-8-4-5-12-10(8)7-14/h8-10,12H,1-7H2,(H,13,15)/t8-,10+/m0/s1. The van der Waals surface area contributed by atoms with Crippen LogP contribution in [-0.4, -0.2) is 42.6 Å². The summed E-state index contributed by atoms with van der Waals surface area (Å²) in [6.45, 7) is 2.99. The quantitative estimate of drug-likeness (QED) is 0.662. The number of rotatable bonds is 1. The van der Waals surface area contributed by atoms with Crippen LogP contribution in [0.2, 0.25) is 0 Å². The van der Waals surface area contributed by atoms with E-state index in [-0.39, 0.29) is 6.03 Å². The zero-order chi connectivity index (χ0) is 10.3. The van der Waals surface area contributed by atoms with Gasteiger partial charge < -0.3 is 15.5 Å². The van der Waals surface area contributed by atoms with E-state index in [1.807, 2.05) is 4.90 Å². The van der Waals surface area contributed by atoms with Gasteiger partial charge in [0.1, 0.15) is 0 Å². The average Bonchev–Trinajstić information content (AvgIpc) is 2.69. The Morgan fingerprint density at radius 2 is 2.13 bits per heavy atom. The van der Waals surface area contributed by atoms with E-state index in [1.165, 1.54) is 25.7 Å². The minimum Gasteiger partial charge on any atom is -0.335 e. The molecule has 0 radical (unpaired) electrons. The number of hydrogen-bond donors (Lipinski definition) is 2. The normalized spacial score (nSPS) is 35.1. The first-order chi connectivity index (χ1) is 7.33. The fourth-order valence-electron chi connectivity index (χ4n) is 2.83. The fourth-order valence-corrected chi connectivity index (χ4v) is 2.83. The smallest absolute Gasteiger partial charge is 0.317 e. The van der Waals surface area contributed by atoms with Crippen molar-refractivity contribution in [1.82, 2.24) is 15.5 Å². The van der Waals surface area contributed by atoms with Crippen LogP contribution in [0.1, 0.15) is 25.7 Å². The number of nitrogens with zero attached hydrogens (tertiary/aromatic N) is 1. The Kier molecular flexibility index (Phi) is 2.31. The molecule has 2 saturated heterocycles. The first-order valence-electron chi connectivity index (χ1n) is 6.12. The van der Waals surface area contributed by atoms with E-state index in [4.69, 9.17) is 0 Å². The van der Waals surface area contributed by atoms with Gasteiger partial charge in [0.05, 0.1) is 0 Å². The molecule has 2 atom stereocenters. The predicted octanol–water partition coefficient (Wildman–Crippen LogP) is 0.542. The molecular weight excluding hydrogens is 190 g/mol. The van der Waals surface area contributed by atoms with E-state index in [1.54, 1.807) is 0 Å². The van der Waals surface area contributed by atoms with Crippen molar-refractivity contribution in [3.8, 4) is 0 Å². The number of likely N-dealkylation sites (tertiary alicyclic amines) is 1. The van der Waals surface area contributed by atoms with Gasteiger partial charge in [0.2, 0.25) is 0 Å². The molecule has 3 rings (SSSR count). The van der Waals surface area contributed by atoms with Gasteiger partial charge >= 0.3 is 6.03 Å². The summed E-state index contributed by atoms with van der Waals surface area (Å²) in [6.07, 6.45) is 4.85. The molecule has 3 aliphatic rings. The van der Waals surface area contributed by atoms with Crippen molar-refractivity contribution in [2.24, 2.45) is 5.92 Å². The van der Waals surface area contributed by atoms with Gasteiger partial charge in [-0.1, -0.05) is 0 Å². The second-order valence-corrected chi connectivity index (χ2v) is 5.09. The summed E-state index contributed by atoms with van der Waals surface area (Å²) in [5.74, 6) is 0.706. The van der Waals surface area contributed by atoms with E-state index in [0.29, 0.717) is 18.0 Å². The van der Waals surface area contributed by atoms with E-state index >= 15 is 0 Å². The Morgan fingerprint density at radius 1 is 1.27 bits per heavy atom. The molecule has 2 aliphatic heterocycles. The van der Waals surface area contributed by atoms with Gasteiger partial charge in [-0.05, 0) is 38.1 Å². The monoisotopic (exact) mass is 209 g/mol. The molecule has 1 saturated carbocycles. The lowest BCUT2D eigenvalue weighted by Crippen LogP contribution is -2.47. The number of carbonyl (C=O) groups is 1. The molecule has 1 aliphatic carbocycles. The van der Waals surface area contributed by atoms with Gasteiger partial charge in [-0.25, -0.2) is 4.79 Å². The van der Waals surface area contributed by atoms with Crippen molar-refractivity contribution < 1.29 is 4.79 Å². The minimum absolute atomic E-state index is 0.163. The van der Waals surface area contributed by atoms with Gasteiger partial charge in [-0.3, -0.25) is 0 Å². The zero-order valence-electron chi connectivity index (χ0n) is 9.04. The summed E-state index contributed by atoms with van der Waals surface area (Å²) < 4.78 is 0. The molecule has 0 aromatic carbocycles. The van der Waals surface area contributed by atoms with Gasteiger partial charge in [-0.2, -0.15) is 0 Å². The van der Waals surface area contributed by atoms with Crippen LogP contribution in [0.3, 0.4) is 0 Å². The predicted molar refractivity (Wildman–Crippen MR) is 57.6 cm³/mol. The lowest BCUT2D eigenvalue weighted by molar-refractivity contribution is 0.193. The van der Waals surface area contributed by atoms with Crippen LogP contribution in [0.5, 0.6) is 0 Å². The maximum atomic E-state index is 11.9. The Hall–Kier alpha value is -0.770. The van der Waals surface area contributed by atoms with Crippen molar-refractivity contribution in [2.45, 2.75) is 37.8 Å². The van der Waals surface area contributed by atoms with Crippen molar-refractivity contribution in [1.29, 1.82) is 0 Å². The van der Waals surface area contributed by atoms with E-state index in [9.17, 15) is 4.79 Å². The summed E-state index contributed by atoms with van der Waals surface area (Å²) >= 11 is 0. The SMILES string of the molecule is O=C(NC1CCC1)N1C[C@@H]2CCN[C@@H]2C1.